The summed E-state index contributed by atoms with van der Waals surface area (Å²) in [7, 11) is -3.08. The second-order valence-electron chi connectivity index (χ2n) is 7.05. The molecular weight excluding hydrogens is 451 g/mol. The predicted molar refractivity (Wildman–Crippen MR) is 119 cm³/mol. The van der Waals surface area contributed by atoms with Gasteiger partial charge in [0.25, 0.3) is 5.91 Å². The van der Waals surface area contributed by atoms with Gasteiger partial charge in [0.05, 0.1) is 28.1 Å². The summed E-state index contributed by atoms with van der Waals surface area (Å²) in [6.07, 6.45) is 0.736. The molecule has 2 aromatic carbocycles. The Kier molecular flexibility index (Phi) is 5.93. The van der Waals surface area contributed by atoms with E-state index >= 15 is 0 Å². The van der Waals surface area contributed by atoms with Gasteiger partial charge in [-0.1, -0.05) is 65.3 Å². The number of nitrogens with zero attached hydrogens (tertiary/aromatic N) is 2. The van der Waals surface area contributed by atoms with E-state index in [-0.39, 0.29) is 33.4 Å². The summed E-state index contributed by atoms with van der Waals surface area (Å²) in [6.45, 7) is 0.591. The van der Waals surface area contributed by atoms with Gasteiger partial charge in [-0.15, -0.1) is 0 Å². The second kappa shape index (κ2) is 8.30. The SMILES string of the molecule is O=C(N=C1S[C@@H]2CS(=O)(=O)C[C@H]2N1CCc1ccccc1)c1ccc(Cl)cc1Cl. The maximum absolute atomic E-state index is 12.7. The number of hydrogen-bond donors (Lipinski definition) is 0. The molecule has 0 N–H and O–H groups in total. The zero-order valence-electron chi connectivity index (χ0n) is 15.3. The monoisotopic (exact) mass is 468 g/mol. The molecule has 9 heteroatoms. The molecule has 152 valence electrons. The molecule has 2 saturated heterocycles. The molecule has 0 aromatic heterocycles. The van der Waals surface area contributed by atoms with E-state index in [9.17, 15) is 13.2 Å². The Morgan fingerprint density at radius 1 is 1.14 bits per heavy atom. The molecule has 2 heterocycles. The van der Waals surface area contributed by atoms with Gasteiger partial charge < -0.3 is 4.90 Å². The Bertz CT molecular complexity index is 1070. The Morgan fingerprint density at radius 3 is 2.62 bits per heavy atom. The van der Waals surface area contributed by atoms with Crippen LogP contribution in [-0.2, 0) is 16.3 Å². The summed E-state index contributed by atoms with van der Waals surface area (Å²) < 4.78 is 24.2. The van der Waals surface area contributed by atoms with Gasteiger partial charge in [0, 0.05) is 16.8 Å². The Labute approximate surface area is 184 Å². The van der Waals surface area contributed by atoms with E-state index in [1.54, 1.807) is 12.1 Å². The largest absolute Gasteiger partial charge is 0.346 e. The number of sulfone groups is 1. The highest BCUT2D eigenvalue weighted by atomic mass is 35.5. The van der Waals surface area contributed by atoms with Crippen molar-refractivity contribution in [3.8, 4) is 0 Å². The fraction of sp³-hybridized carbons (Fsp3) is 0.300. The van der Waals surface area contributed by atoms with Crippen LogP contribution in [0.15, 0.2) is 53.5 Å². The number of fused-ring (bicyclic) bond motifs is 1. The minimum atomic E-state index is -3.08. The van der Waals surface area contributed by atoms with Crippen LogP contribution in [0, 0.1) is 0 Å². The number of amidine groups is 1. The first-order chi connectivity index (χ1) is 13.8. The van der Waals surface area contributed by atoms with Gasteiger partial charge in [0.15, 0.2) is 15.0 Å². The van der Waals surface area contributed by atoms with Crippen molar-refractivity contribution >= 4 is 55.9 Å². The molecule has 0 unspecified atom stereocenters. The van der Waals surface area contributed by atoms with Crippen LogP contribution in [0.1, 0.15) is 15.9 Å². The number of halogens is 2. The first kappa shape index (κ1) is 20.7. The summed E-state index contributed by atoms with van der Waals surface area (Å²) in [4.78, 5) is 19.0. The molecule has 0 bridgehead atoms. The molecule has 4 rings (SSSR count). The number of carbonyl (C=O) groups excluding carboxylic acids is 1. The molecule has 2 atom stereocenters. The summed E-state index contributed by atoms with van der Waals surface area (Å²) in [6, 6.07) is 14.4. The molecule has 0 aliphatic carbocycles. The third kappa shape index (κ3) is 4.63. The van der Waals surface area contributed by atoms with Crippen LogP contribution in [0.3, 0.4) is 0 Å². The van der Waals surface area contributed by atoms with Gasteiger partial charge >= 0.3 is 0 Å². The molecule has 2 aliphatic rings. The quantitative estimate of drug-likeness (QED) is 0.679. The summed E-state index contributed by atoms with van der Waals surface area (Å²) in [5, 5.41) is 1.14. The molecule has 1 amide bonds. The Hall–Kier alpha value is -1.54. The molecule has 2 aliphatic heterocycles. The van der Waals surface area contributed by atoms with Crippen LogP contribution in [-0.4, -0.2) is 53.7 Å². The number of thioether (sulfide) groups is 1. The number of benzene rings is 2. The van der Waals surface area contributed by atoms with Gasteiger partial charge in [0.2, 0.25) is 0 Å². The number of aliphatic imine (C=N–C) groups is 1. The van der Waals surface area contributed by atoms with Crippen LogP contribution >= 0.6 is 35.0 Å². The highest BCUT2D eigenvalue weighted by Crippen LogP contribution is 2.38. The van der Waals surface area contributed by atoms with Crippen LogP contribution in [0.4, 0.5) is 0 Å². The van der Waals surface area contributed by atoms with Crippen LogP contribution in [0.5, 0.6) is 0 Å². The minimum Gasteiger partial charge on any atom is -0.346 e. The zero-order chi connectivity index (χ0) is 20.6. The fourth-order valence-corrected chi connectivity index (χ4v) is 8.07. The second-order valence-corrected chi connectivity index (χ2v) is 11.3. The van der Waals surface area contributed by atoms with Gasteiger partial charge in [-0.05, 0) is 30.2 Å². The average molecular weight is 469 g/mol. The first-order valence-electron chi connectivity index (χ1n) is 9.08. The Balaban J connectivity index is 1.60. The summed E-state index contributed by atoms with van der Waals surface area (Å²) in [5.74, 6) is -0.255. The molecule has 0 saturated carbocycles. The number of hydrogen-bond acceptors (Lipinski definition) is 4. The first-order valence-corrected chi connectivity index (χ1v) is 12.5. The maximum Gasteiger partial charge on any atom is 0.280 e. The van der Waals surface area contributed by atoms with Gasteiger partial charge in [-0.25, -0.2) is 8.42 Å². The number of rotatable bonds is 4. The van der Waals surface area contributed by atoms with Crippen molar-refractivity contribution in [3.63, 3.8) is 0 Å². The van der Waals surface area contributed by atoms with E-state index in [0.29, 0.717) is 16.7 Å². The summed E-state index contributed by atoms with van der Waals surface area (Å²) in [5.41, 5.74) is 1.42. The highest BCUT2D eigenvalue weighted by Gasteiger charge is 2.48. The lowest BCUT2D eigenvalue weighted by Gasteiger charge is -2.24. The van der Waals surface area contributed by atoms with Crippen LogP contribution in [0.25, 0.3) is 0 Å². The van der Waals surface area contributed by atoms with Crippen molar-refractivity contribution < 1.29 is 13.2 Å². The number of carbonyl (C=O) groups is 1. The Morgan fingerprint density at radius 2 is 1.90 bits per heavy atom. The van der Waals surface area contributed by atoms with E-state index in [0.717, 1.165) is 12.0 Å². The lowest BCUT2D eigenvalue weighted by atomic mass is 10.1. The van der Waals surface area contributed by atoms with Gasteiger partial charge in [-0.3, -0.25) is 4.79 Å². The molecule has 2 fully saturated rings. The van der Waals surface area contributed by atoms with Gasteiger partial charge in [0.1, 0.15) is 0 Å². The molecular formula is C20H18Cl2N2O3S2. The smallest absolute Gasteiger partial charge is 0.280 e. The topological polar surface area (TPSA) is 66.8 Å². The molecule has 5 nitrogen and oxygen atoms in total. The molecule has 0 spiro atoms. The summed E-state index contributed by atoms with van der Waals surface area (Å²) >= 11 is 13.4. The van der Waals surface area contributed by atoms with E-state index in [2.05, 4.69) is 4.99 Å². The van der Waals surface area contributed by atoms with Crippen molar-refractivity contribution in [2.75, 3.05) is 18.1 Å². The van der Waals surface area contributed by atoms with Crippen molar-refractivity contribution in [2.45, 2.75) is 17.7 Å². The zero-order valence-corrected chi connectivity index (χ0v) is 18.4. The van der Waals surface area contributed by atoms with E-state index < -0.39 is 15.7 Å². The van der Waals surface area contributed by atoms with Crippen LogP contribution in [0.2, 0.25) is 10.0 Å². The van der Waals surface area contributed by atoms with Crippen molar-refractivity contribution in [3.05, 3.63) is 69.7 Å². The van der Waals surface area contributed by atoms with Crippen molar-refractivity contribution in [2.24, 2.45) is 4.99 Å². The minimum absolute atomic E-state index is 0.0916. The van der Waals surface area contributed by atoms with Crippen molar-refractivity contribution in [1.29, 1.82) is 0 Å². The van der Waals surface area contributed by atoms with Gasteiger partial charge in [-0.2, -0.15) is 4.99 Å². The lowest BCUT2D eigenvalue weighted by molar-refractivity contribution is 0.100. The standard InChI is InChI=1S/C20H18Cl2N2O3S2/c21-14-6-7-15(16(22)10-14)19(25)23-20-24(9-8-13-4-2-1-3-5-13)17-11-29(26,27)12-18(17)28-20/h1-7,10,17-18H,8-9,11-12H2/t17-,18-/m1/s1. The molecule has 0 radical (unpaired) electrons. The molecule has 29 heavy (non-hydrogen) atoms. The third-order valence-electron chi connectivity index (χ3n) is 5.02. The maximum atomic E-state index is 12.7. The highest BCUT2D eigenvalue weighted by molar-refractivity contribution is 8.15. The van der Waals surface area contributed by atoms with E-state index in [4.69, 9.17) is 23.2 Å². The lowest BCUT2D eigenvalue weighted by Crippen LogP contribution is -2.39. The fourth-order valence-electron chi connectivity index (χ4n) is 3.60. The van der Waals surface area contributed by atoms with E-state index in [1.807, 2.05) is 35.2 Å². The normalized spacial score (nSPS) is 24.1. The van der Waals surface area contributed by atoms with Crippen LogP contribution < -0.4 is 0 Å². The van der Waals surface area contributed by atoms with E-state index in [1.165, 1.54) is 17.8 Å². The third-order valence-corrected chi connectivity index (χ3v) is 8.81. The molecule has 2 aromatic rings. The van der Waals surface area contributed by atoms with Crippen molar-refractivity contribution in [1.82, 2.24) is 4.90 Å². The predicted octanol–water partition coefficient (Wildman–Crippen LogP) is 3.95. The number of amides is 1. The average Bonchev–Trinajstić information content (AvgIpc) is 3.11.